The number of aliphatic hydroxyl groups is 1. The first-order valence-electron chi connectivity index (χ1n) is 6.00. The second-order valence-electron chi connectivity index (χ2n) is 4.74. The van der Waals surface area contributed by atoms with Crippen molar-refractivity contribution in [3.05, 3.63) is 35.4 Å². The smallest absolute Gasteiger partial charge is 0.253 e. The number of hydrogen-bond donors (Lipinski definition) is 1. The molecule has 0 bridgehead atoms. The number of aliphatic hydroxyl groups excluding tert-OH is 1. The summed E-state index contributed by atoms with van der Waals surface area (Å²) in [4.78, 5) is 14.9. The molecule has 0 aliphatic carbocycles. The van der Waals surface area contributed by atoms with Crippen LogP contribution in [-0.2, 0) is 6.54 Å². The molecule has 1 aromatic rings. The van der Waals surface area contributed by atoms with Gasteiger partial charge in [-0.2, -0.15) is 5.10 Å². The van der Waals surface area contributed by atoms with Crippen molar-refractivity contribution < 1.29 is 9.90 Å². The van der Waals surface area contributed by atoms with Gasteiger partial charge in [0.25, 0.3) is 5.91 Å². The zero-order valence-corrected chi connectivity index (χ0v) is 11.3. The lowest BCUT2D eigenvalue weighted by Crippen LogP contribution is -2.36. The van der Waals surface area contributed by atoms with E-state index in [1.54, 1.807) is 54.4 Å². The average Bonchev–Trinajstić information content (AvgIpc) is 2.71. The van der Waals surface area contributed by atoms with Gasteiger partial charge in [0.2, 0.25) is 6.35 Å². The molecular weight excluding hydrogens is 244 g/mol. The van der Waals surface area contributed by atoms with Gasteiger partial charge in [-0.15, -0.1) is 0 Å². The summed E-state index contributed by atoms with van der Waals surface area (Å²) in [6, 6.07) is 7.32. The molecule has 0 radical (unpaired) electrons. The molecule has 1 aliphatic rings. The Bertz CT molecular complexity index is 484. The van der Waals surface area contributed by atoms with Crippen LogP contribution in [0.15, 0.2) is 29.4 Å². The normalized spacial score (nSPS) is 18.0. The average molecular weight is 262 g/mol. The molecule has 0 saturated heterocycles. The number of hydrogen-bond acceptors (Lipinski definition) is 5. The van der Waals surface area contributed by atoms with E-state index in [0.29, 0.717) is 12.1 Å². The maximum absolute atomic E-state index is 11.7. The van der Waals surface area contributed by atoms with E-state index in [1.165, 1.54) is 0 Å². The van der Waals surface area contributed by atoms with Crippen LogP contribution < -0.4 is 0 Å². The van der Waals surface area contributed by atoms with Gasteiger partial charge in [0.15, 0.2) is 0 Å². The van der Waals surface area contributed by atoms with Crippen molar-refractivity contribution in [1.82, 2.24) is 14.8 Å². The van der Waals surface area contributed by atoms with Crippen LogP contribution in [0.2, 0.25) is 0 Å². The van der Waals surface area contributed by atoms with E-state index in [4.69, 9.17) is 0 Å². The molecule has 6 heteroatoms. The van der Waals surface area contributed by atoms with E-state index in [0.717, 1.165) is 5.56 Å². The molecule has 19 heavy (non-hydrogen) atoms. The van der Waals surface area contributed by atoms with E-state index in [-0.39, 0.29) is 5.91 Å². The Morgan fingerprint density at radius 1 is 1.37 bits per heavy atom. The van der Waals surface area contributed by atoms with Crippen LogP contribution in [0.1, 0.15) is 15.9 Å². The Kier molecular flexibility index (Phi) is 3.71. The lowest BCUT2D eigenvalue weighted by molar-refractivity contribution is -0.0531. The number of hydrazone groups is 1. The first kappa shape index (κ1) is 13.4. The largest absolute Gasteiger partial charge is 0.355 e. The first-order valence-corrected chi connectivity index (χ1v) is 6.00. The Morgan fingerprint density at radius 2 is 2.00 bits per heavy atom. The molecule has 0 saturated carbocycles. The topological polar surface area (TPSA) is 59.4 Å². The van der Waals surface area contributed by atoms with Crippen molar-refractivity contribution in [1.29, 1.82) is 0 Å². The molecule has 1 N–H and O–H groups in total. The minimum atomic E-state index is -0.733. The summed E-state index contributed by atoms with van der Waals surface area (Å²) in [6.45, 7) is 0.498. The molecule has 0 fully saturated rings. The van der Waals surface area contributed by atoms with Crippen molar-refractivity contribution in [3.63, 3.8) is 0 Å². The van der Waals surface area contributed by atoms with E-state index in [1.807, 2.05) is 12.1 Å². The summed E-state index contributed by atoms with van der Waals surface area (Å²) in [6.07, 6.45) is 0.845. The molecule has 1 unspecified atom stereocenters. The van der Waals surface area contributed by atoms with Crippen LogP contribution in [0.5, 0.6) is 0 Å². The molecular formula is C13H18N4O2. The molecule has 102 valence electrons. The van der Waals surface area contributed by atoms with Gasteiger partial charge in [-0.3, -0.25) is 4.79 Å². The Morgan fingerprint density at radius 3 is 2.47 bits per heavy atom. The number of benzene rings is 1. The van der Waals surface area contributed by atoms with Crippen LogP contribution in [-0.4, -0.2) is 59.7 Å². The highest BCUT2D eigenvalue weighted by molar-refractivity contribution is 5.93. The summed E-state index contributed by atoms with van der Waals surface area (Å²) in [5.41, 5.74) is 1.64. The highest BCUT2D eigenvalue weighted by Gasteiger charge is 2.22. The van der Waals surface area contributed by atoms with Gasteiger partial charge in [0.05, 0.1) is 6.54 Å². The second kappa shape index (κ2) is 5.27. The van der Waals surface area contributed by atoms with Gasteiger partial charge in [-0.25, -0.2) is 5.01 Å². The number of rotatable bonds is 3. The summed E-state index contributed by atoms with van der Waals surface area (Å²) in [7, 11) is 5.20. The summed E-state index contributed by atoms with van der Waals surface area (Å²) < 4.78 is 0. The zero-order chi connectivity index (χ0) is 14.0. The SMILES string of the molecule is CN(C)C(=O)c1ccc(CN2N=CN(C)C2O)cc1. The van der Waals surface area contributed by atoms with Gasteiger partial charge < -0.3 is 14.9 Å². The summed E-state index contributed by atoms with van der Waals surface area (Å²) >= 11 is 0. The Hall–Kier alpha value is -2.08. The van der Waals surface area contributed by atoms with Crippen LogP contribution in [0.3, 0.4) is 0 Å². The molecule has 1 atom stereocenters. The van der Waals surface area contributed by atoms with Crippen molar-refractivity contribution in [2.75, 3.05) is 21.1 Å². The van der Waals surface area contributed by atoms with Crippen LogP contribution in [0.25, 0.3) is 0 Å². The predicted octanol–water partition coefficient (Wildman–Crippen LogP) is 0.355. The third-order valence-electron chi connectivity index (χ3n) is 2.96. The quantitative estimate of drug-likeness (QED) is 0.854. The third-order valence-corrected chi connectivity index (χ3v) is 2.96. The third kappa shape index (κ3) is 2.85. The fourth-order valence-electron chi connectivity index (χ4n) is 1.80. The Balaban J connectivity index is 2.04. The maximum Gasteiger partial charge on any atom is 0.253 e. The molecule has 0 spiro atoms. The molecule has 1 aliphatic heterocycles. The number of amides is 1. The van der Waals surface area contributed by atoms with Crippen molar-refractivity contribution in [2.45, 2.75) is 12.9 Å². The van der Waals surface area contributed by atoms with E-state index >= 15 is 0 Å². The molecule has 1 amide bonds. The fourth-order valence-corrected chi connectivity index (χ4v) is 1.80. The van der Waals surface area contributed by atoms with E-state index in [2.05, 4.69) is 5.10 Å². The lowest BCUT2D eigenvalue weighted by atomic mass is 10.1. The lowest BCUT2D eigenvalue weighted by Gasteiger charge is -2.22. The van der Waals surface area contributed by atoms with Gasteiger partial charge in [0.1, 0.15) is 6.34 Å². The van der Waals surface area contributed by atoms with Crippen molar-refractivity contribution >= 4 is 12.2 Å². The first-order chi connectivity index (χ1) is 8.99. The summed E-state index contributed by atoms with van der Waals surface area (Å²) in [5.74, 6) is -0.0227. The van der Waals surface area contributed by atoms with Gasteiger partial charge in [0, 0.05) is 26.7 Å². The summed E-state index contributed by atoms with van der Waals surface area (Å²) in [5, 5.41) is 15.5. The van der Waals surface area contributed by atoms with E-state index in [9.17, 15) is 9.90 Å². The minimum absolute atomic E-state index is 0.0227. The molecule has 1 heterocycles. The maximum atomic E-state index is 11.7. The second-order valence-corrected chi connectivity index (χ2v) is 4.74. The minimum Gasteiger partial charge on any atom is -0.355 e. The van der Waals surface area contributed by atoms with Crippen LogP contribution in [0, 0.1) is 0 Å². The fraction of sp³-hybridized carbons (Fsp3) is 0.385. The molecule has 1 aromatic carbocycles. The molecule has 2 rings (SSSR count). The highest BCUT2D eigenvalue weighted by Crippen LogP contribution is 2.14. The highest BCUT2D eigenvalue weighted by atomic mass is 16.3. The molecule has 6 nitrogen and oxygen atoms in total. The Labute approximate surface area is 112 Å². The van der Waals surface area contributed by atoms with E-state index < -0.39 is 6.35 Å². The standard InChI is InChI=1S/C13H18N4O2/c1-15(2)12(18)11-6-4-10(5-7-11)8-17-13(19)16(3)9-14-17/h4-7,9,13,19H,8H2,1-3H3. The van der Waals surface area contributed by atoms with Crippen molar-refractivity contribution in [2.24, 2.45) is 5.10 Å². The van der Waals surface area contributed by atoms with Gasteiger partial charge in [-0.1, -0.05) is 12.1 Å². The van der Waals surface area contributed by atoms with Gasteiger partial charge >= 0.3 is 0 Å². The zero-order valence-electron chi connectivity index (χ0n) is 11.3. The van der Waals surface area contributed by atoms with Crippen LogP contribution >= 0.6 is 0 Å². The van der Waals surface area contributed by atoms with Crippen molar-refractivity contribution in [3.8, 4) is 0 Å². The number of carbonyl (C=O) groups excluding carboxylic acids is 1. The predicted molar refractivity (Wildman–Crippen MR) is 72.3 cm³/mol. The number of carbonyl (C=O) groups is 1. The van der Waals surface area contributed by atoms with Crippen LogP contribution in [0.4, 0.5) is 0 Å². The monoisotopic (exact) mass is 262 g/mol. The number of nitrogens with zero attached hydrogens (tertiary/aromatic N) is 4. The molecule has 0 aromatic heterocycles. The van der Waals surface area contributed by atoms with Gasteiger partial charge in [-0.05, 0) is 17.7 Å².